The third-order valence-corrected chi connectivity index (χ3v) is 18.8. The van der Waals surface area contributed by atoms with Gasteiger partial charge < -0.3 is 39.5 Å². The zero-order valence-corrected chi connectivity index (χ0v) is 59.1. The van der Waals surface area contributed by atoms with Crippen molar-refractivity contribution in [2.24, 2.45) is 9.98 Å². The molecule has 20 nitrogen and oxygen atoms in total. The molecule has 102 heavy (non-hydrogen) atoms. The number of carbonyl (C=O) groups excluding carboxylic acids is 4. The molecule has 4 aromatic heterocycles. The smallest absolute Gasteiger partial charge is 0.244 e. The van der Waals surface area contributed by atoms with E-state index in [0.29, 0.717) is 38.1 Å². The van der Waals surface area contributed by atoms with Crippen LogP contribution in [0, 0.1) is 6.92 Å². The first-order valence-electron chi connectivity index (χ1n) is 32.0. The third kappa shape index (κ3) is 17.5. The van der Waals surface area contributed by atoms with Crippen LogP contribution in [0.5, 0.6) is 0 Å². The van der Waals surface area contributed by atoms with Crippen LogP contribution in [0.15, 0.2) is 250 Å². The Morgan fingerprint density at radius 3 is 1.14 bits per heavy atom. The van der Waals surface area contributed by atoms with Crippen molar-refractivity contribution in [1.82, 2.24) is 38.2 Å². The molecule has 6 heterocycles. The molecule has 0 saturated heterocycles. The number of amides is 4. The molecule has 4 N–H and O–H groups in total. The summed E-state index contributed by atoms with van der Waals surface area (Å²) in [6, 6.07) is 66.4. The third-order valence-electron chi connectivity index (χ3n) is 16.1. The summed E-state index contributed by atoms with van der Waals surface area (Å²) in [5.74, 6) is 2.28. The van der Waals surface area contributed by atoms with Crippen LogP contribution >= 0.6 is 46.6 Å². The lowest BCUT2D eigenvalue weighted by Gasteiger charge is -2.11. The van der Waals surface area contributed by atoms with Gasteiger partial charge in [-0.2, -0.15) is 0 Å². The summed E-state index contributed by atoms with van der Waals surface area (Å²) in [5.41, 5.74) is 12.1. The second kappa shape index (κ2) is 32.4. The van der Waals surface area contributed by atoms with E-state index in [2.05, 4.69) is 46.2 Å². The van der Waals surface area contributed by atoms with Crippen molar-refractivity contribution in [3.05, 3.63) is 263 Å². The maximum absolute atomic E-state index is 12.7. The molecular formula is C77H65Cl3N14O6S2. The lowest BCUT2D eigenvalue weighted by Crippen LogP contribution is -2.20. The number of halogens is 3. The van der Waals surface area contributed by atoms with Crippen LogP contribution in [-0.2, 0) is 55.2 Å². The fourth-order valence-corrected chi connectivity index (χ4v) is 12.8. The molecule has 0 atom stereocenters. The summed E-state index contributed by atoms with van der Waals surface area (Å²) in [6.45, 7) is 2.50. The lowest BCUT2D eigenvalue weighted by molar-refractivity contribution is -0.117. The molecule has 0 radical (unpaired) electrons. The molecule has 13 aromatic rings. The molecule has 25 heteroatoms. The Morgan fingerprint density at radius 2 is 0.755 bits per heavy atom. The fraction of sp³-hybridized carbons (Fsp3) is 0.117. The number of hydrogen-bond acceptors (Lipinski definition) is 13. The number of rotatable bonds is 17. The molecule has 9 aromatic carbocycles. The number of allylic oxidation sites excluding steroid dienone is 2. The van der Waals surface area contributed by atoms with Gasteiger partial charge in [-0.05, 0) is 183 Å². The van der Waals surface area contributed by atoms with E-state index in [-0.39, 0.29) is 54.7 Å². The Morgan fingerprint density at radius 1 is 0.422 bits per heavy atom. The molecule has 0 spiro atoms. The Hall–Kier alpha value is -11.3. The molecule has 0 fully saturated rings. The van der Waals surface area contributed by atoms with E-state index < -0.39 is 9.84 Å². The van der Waals surface area contributed by atoms with E-state index >= 15 is 0 Å². The Labute approximate surface area is 606 Å². The Balaban J connectivity index is 0.000000129. The molecule has 512 valence electrons. The van der Waals surface area contributed by atoms with Gasteiger partial charge in [0.1, 0.15) is 49.2 Å². The maximum Gasteiger partial charge on any atom is 0.244 e. The number of fused-ring (bicyclic) bond motifs is 4. The zero-order valence-electron chi connectivity index (χ0n) is 55.2. The van der Waals surface area contributed by atoms with Crippen LogP contribution in [0.1, 0.15) is 30.3 Å². The van der Waals surface area contributed by atoms with Gasteiger partial charge in [0.2, 0.25) is 23.6 Å². The predicted molar refractivity (Wildman–Crippen MR) is 411 cm³/mol. The van der Waals surface area contributed by atoms with Gasteiger partial charge in [0.05, 0.1) is 54.1 Å². The summed E-state index contributed by atoms with van der Waals surface area (Å²) in [7, 11) is -3.27. The van der Waals surface area contributed by atoms with Crippen molar-refractivity contribution >= 4 is 171 Å². The topological polar surface area (TPSA) is 247 Å². The minimum absolute atomic E-state index is 0.0660. The van der Waals surface area contributed by atoms with Crippen LogP contribution < -0.4 is 21.3 Å². The number of imidazole rings is 4. The molecule has 0 aliphatic carbocycles. The second-order valence-corrected chi connectivity index (χ2v) is 27.4. The average Bonchev–Trinajstić information content (AvgIpc) is 1.65. The molecule has 15 rings (SSSR count). The van der Waals surface area contributed by atoms with Crippen LogP contribution in [0.25, 0.3) is 66.9 Å². The zero-order chi connectivity index (χ0) is 71.3. The lowest BCUT2D eigenvalue weighted by atomic mass is 10.2. The predicted octanol–water partition coefficient (Wildman–Crippen LogP) is 16.4. The number of anilines is 4. The highest BCUT2D eigenvalue weighted by atomic mass is 35.5. The van der Waals surface area contributed by atoms with Crippen molar-refractivity contribution in [1.29, 1.82) is 0 Å². The van der Waals surface area contributed by atoms with Gasteiger partial charge in [-0.1, -0.05) is 95.5 Å². The Bertz CT molecular complexity index is 5510. The maximum atomic E-state index is 12.7. The van der Waals surface area contributed by atoms with Crippen molar-refractivity contribution in [3.63, 3.8) is 0 Å². The fourth-order valence-electron chi connectivity index (χ4n) is 11.3. The van der Waals surface area contributed by atoms with Crippen LogP contribution in [0.3, 0.4) is 0 Å². The summed E-state index contributed by atoms with van der Waals surface area (Å²) < 4.78 is 30.6. The summed E-state index contributed by atoms with van der Waals surface area (Å²) >= 11 is 19.8. The number of aryl methyl sites for hydroxylation is 1. The van der Waals surface area contributed by atoms with E-state index in [9.17, 15) is 27.6 Å². The highest BCUT2D eigenvalue weighted by Gasteiger charge is 2.22. The molecule has 0 saturated carbocycles. The Kier molecular flexibility index (Phi) is 22.4. The quantitative estimate of drug-likeness (QED) is 0.0624. The van der Waals surface area contributed by atoms with E-state index in [1.807, 2.05) is 202 Å². The largest absolute Gasteiger partial charge is 0.325 e. The van der Waals surface area contributed by atoms with Crippen molar-refractivity contribution in [2.75, 3.05) is 33.8 Å². The number of nitrogens with one attached hydrogen (secondary N) is 4. The first-order chi connectivity index (χ1) is 49.4. The molecule has 4 amide bonds. The number of hydrogen-bond donors (Lipinski definition) is 4. The normalized spacial score (nSPS) is 12.2. The van der Waals surface area contributed by atoms with Crippen molar-refractivity contribution < 1.29 is 27.6 Å². The van der Waals surface area contributed by atoms with Gasteiger partial charge in [-0.15, -0.1) is 11.8 Å². The average molecular weight is 1450 g/mol. The van der Waals surface area contributed by atoms with E-state index in [1.54, 1.807) is 72.4 Å². The van der Waals surface area contributed by atoms with E-state index in [1.165, 1.54) is 12.1 Å². The second-order valence-electron chi connectivity index (χ2n) is 23.2. The summed E-state index contributed by atoms with van der Waals surface area (Å²) in [4.78, 5) is 78.6. The SMILES string of the molecule is CS(=O)(=O)c1ccc(NC(=O)Cn2c(C3=CCC=N3)nc3ccccc32)cc1.CSc1ccc(NC(=O)Cn2c(C3=CCC=N3)nc3ccccc32)cc1.Cc1nc2ccccc2n1CC(=O)Nc1ccc(Cl)cc1.O=C(Cn1c(-c2ccccc2Cl)nc2ccccc21)Nc1ccc(Cl)cc1. The molecular weight excluding hydrogens is 1390 g/mol. The number of sulfone groups is 1. The monoisotopic (exact) mass is 1450 g/mol. The first kappa shape index (κ1) is 70.6. The van der Waals surface area contributed by atoms with E-state index in [0.717, 1.165) is 108 Å². The summed E-state index contributed by atoms with van der Waals surface area (Å²) in [5, 5.41) is 13.4. The van der Waals surface area contributed by atoms with E-state index in [4.69, 9.17) is 39.8 Å². The van der Waals surface area contributed by atoms with Gasteiger partial charge in [0, 0.05) is 74.8 Å². The number of nitrogens with zero attached hydrogens (tertiary/aromatic N) is 10. The number of thioether (sulfide) groups is 1. The minimum Gasteiger partial charge on any atom is -0.325 e. The standard InChI is InChI=1S/C21H15Cl2N3O.C20H18N4O3S.C20H18N4OS.C16H14ClN3O/c22-14-9-11-15(12-10-14)24-20(27)13-26-19-8-4-3-7-18(19)25-21(26)16-5-1-2-6-17(16)23;1-28(26,27)15-10-8-14(9-11-15)22-19(25)13-24-18-7-3-2-5-16(18)23-20(24)17-6-4-12-21-17;1-26-15-10-8-14(9-11-15)22-19(25)13-24-18-7-3-2-5-16(18)23-20(24)17-6-4-12-21-17;1-11-18-14-4-2-3-5-15(14)20(11)10-16(21)19-13-8-6-12(17)7-9-13/h1-12H,13H2,(H,24,27);2-3,5-12H,4,13H2,1H3,(H,22,25);2-3,5-12H,4,13H2,1H3,(H,22,25);2-9H,10H2,1H3,(H,19,21). The van der Waals surface area contributed by atoms with Crippen molar-refractivity contribution in [3.8, 4) is 11.4 Å². The number of carbonyl (C=O) groups is 4. The molecule has 0 bridgehead atoms. The first-order valence-corrected chi connectivity index (χ1v) is 36.3. The molecule has 2 aliphatic heterocycles. The number of aromatic nitrogens is 8. The summed E-state index contributed by atoms with van der Waals surface area (Å²) in [6.07, 6.45) is 12.4. The molecule has 2 aliphatic rings. The highest BCUT2D eigenvalue weighted by molar-refractivity contribution is 7.98. The van der Waals surface area contributed by atoms with Crippen LogP contribution in [0.4, 0.5) is 22.7 Å². The van der Waals surface area contributed by atoms with Gasteiger partial charge in [-0.3, -0.25) is 29.2 Å². The van der Waals surface area contributed by atoms with Gasteiger partial charge in [-0.25, -0.2) is 28.4 Å². The van der Waals surface area contributed by atoms with Gasteiger partial charge >= 0.3 is 0 Å². The van der Waals surface area contributed by atoms with Gasteiger partial charge in [0.15, 0.2) is 21.5 Å². The van der Waals surface area contributed by atoms with Gasteiger partial charge in [0.25, 0.3) is 0 Å². The number of para-hydroxylation sites is 8. The number of benzene rings is 9. The number of aliphatic imine (C=N–C) groups is 2. The van der Waals surface area contributed by atoms with Crippen LogP contribution in [-0.4, -0.2) is 95.2 Å². The van der Waals surface area contributed by atoms with Crippen LogP contribution in [0.2, 0.25) is 15.1 Å². The minimum atomic E-state index is -3.27. The van der Waals surface area contributed by atoms with Crippen molar-refractivity contribution in [2.45, 2.75) is 55.7 Å². The highest BCUT2D eigenvalue weighted by Crippen LogP contribution is 2.32. The molecule has 0 unspecified atom stereocenters.